The number of nitrogens with zero attached hydrogens (tertiary/aromatic N) is 2. The number of ether oxygens (including phenoxy) is 1. The topological polar surface area (TPSA) is 94.4 Å². The number of benzene rings is 1. The van der Waals surface area contributed by atoms with E-state index in [-0.39, 0.29) is 29.4 Å². The first-order valence-corrected chi connectivity index (χ1v) is 6.35. The smallest absolute Gasteiger partial charge is 0.311 e. The van der Waals surface area contributed by atoms with Crippen LogP contribution in [0.1, 0.15) is 17.3 Å². The maximum Gasteiger partial charge on any atom is 0.311 e. The molecular formula is C14H12FN3O4. The molecule has 22 heavy (non-hydrogen) atoms. The first kappa shape index (κ1) is 15.4. The van der Waals surface area contributed by atoms with Gasteiger partial charge in [-0.25, -0.2) is 9.37 Å². The number of carbonyl (C=O) groups excluding carboxylic acids is 1. The molecule has 0 spiro atoms. The lowest BCUT2D eigenvalue weighted by atomic mass is 10.1. The first-order valence-electron chi connectivity index (χ1n) is 6.35. The third kappa shape index (κ3) is 3.54. The SMILES string of the molecule is CCOc1ccc(C(=O)Nc2ccc(F)cn2)cc1[N+](=O)[O-]. The number of nitro benzene ring substituents is 1. The van der Waals surface area contributed by atoms with E-state index in [0.717, 1.165) is 18.3 Å². The van der Waals surface area contributed by atoms with Crippen molar-refractivity contribution in [3.63, 3.8) is 0 Å². The van der Waals surface area contributed by atoms with Crippen LogP contribution in [0.25, 0.3) is 0 Å². The average molecular weight is 305 g/mol. The van der Waals surface area contributed by atoms with Crippen LogP contribution < -0.4 is 10.1 Å². The molecule has 1 heterocycles. The number of nitrogens with one attached hydrogen (secondary N) is 1. The number of amides is 1. The summed E-state index contributed by atoms with van der Waals surface area (Å²) in [5.74, 6) is -0.896. The molecule has 0 unspecified atom stereocenters. The van der Waals surface area contributed by atoms with Crippen molar-refractivity contribution < 1.29 is 18.8 Å². The lowest BCUT2D eigenvalue weighted by molar-refractivity contribution is -0.385. The molecule has 0 aliphatic heterocycles. The maximum absolute atomic E-state index is 12.7. The zero-order valence-electron chi connectivity index (χ0n) is 11.6. The first-order chi connectivity index (χ1) is 10.5. The highest BCUT2D eigenvalue weighted by molar-refractivity contribution is 6.04. The number of nitro groups is 1. The van der Waals surface area contributed by atoms with Crippen LogP contribution in [0.5, 0.6) is 5.75 Å². The maximum atomic E-state index is 12.7. The van der Waals surface area contributed by atoms with Gasteiger partial charge in [-0.3, -0.25) is 14.9 Å². The standard InChI is InChI=1S/C14H12FN3O4/c1-2-22-12-5-3-9(7-11(12)18(20)21)14(19)17-13-6-4-10(15)8-16-13/h3-8H,2H2,1H3,(H,16,17,19). The van der Waals surface area contributed by atoms with Crippen molar-refractivity contribution in [1.29, 1.82) is 0 Å². The number of carbonyl (C=O) groups is 1. The number of pyridine rings is 1. The highest BCUT2D eigenvalue weighted by Gasteiger charge is 2.18. The Morgan fingerprint density at radius 3 is 2.77 bits per heavy atom. The van der Waals surface area contributed by atoms with Gasteiger partial charge in [0.2, 0.25) is 0 Å². The van der Waals surface area contributed by atoms with Gasteiger partial charge in [-0.1, -0.05) is 0 Å². The van der Waals surface area contributed by atoms with Crippen LogP contribution in [0.15, 0.2) is 36.5 Å². The van der Waals surface area contributed by atoms with Gasteiger partial charge in [0.25, 0.3) is 5.91 Å². The molecule has 7 nitrogen and oxygen atoms in total. The Morgan fingerprint density at radius 1 is 1.41 bits per heavy atom. The summed E-state index contributed by atoms with van der Waals surface area (Å²) in [6.45, 7) is 1.97. The summed E-state index contributed by atoms with van der Waals surface area (Å²) in [5, 5.41) is 13.4. The van der Waals surface area contributed by atoms with Crippen LogP contribution >= 0.6 is 0 Å². The lowest BCUT2D eigenvalue weighted by Gasteiger charge is -2.07. The summed E-state index contributed by atoms with van der Waals surface area (Å²) >= 11 is 0. The highest BCUT2D eigenvalue weighted by atomic mass is 19.1. The monoisotopic (exact) mass is 305 g/mol. The Kier molecular flexibility index (Phi) is 4.62. The van der Waals surface area contributed by atoms with Crippen LogP contribution in [-0.2, 0) is 0 Å². The fourth-order valence-electron chi connectivity index (χ4n) is 1.72. The molecule has 1 N–H and O–H groups in total. The van der Waals surface area contributed by atoms with E-state index in [0.29, 0.717) is 0 Å². The van der Waals surface area contributed by atoms with Crippen molar-refractivity contribution in [1.82, 2.24) is 4.98 Å². The molecule has 8 heteroatoms. The summed E-state index contributed by atoms with van der Waals surface area (Å²) in [6, 6.07) is 6.30. The lowest BCUT2D eigenvalue weighted by Crippen LogP contribution is -2.13. The average Bonchev–Trinajstić information content (AvgIpc) is 2.50. The van der Waals surface area contributed by atoms with Crippen molar-refractivity contribution in [2.75, 3.05) is 11.9 Å². The van der Waals surface area contributed by atoms with Gasteiger partial charge in [0.05, 0.1) is 17.7 Å². The molecule has 2 rings (SSSR count). The molecule has 0 aliphatic carbocycles. The van der Waals surface area contributed by atoms with Gasteiger partial charge in [-0.15, -0.1) is 0 Å². The highest BCUT2D eigenvalue weighted by Crippen LogP contribution is 2.28. The van der Waals surface area contributed by atoms with Crippen LogP contribution in [-0.4, -0.2) is 22.4 Å². The van der Waals surface area contributed by atoms with E-state index in [2.05, 4.69) is 10.3 Å². The normalized spacial score (nSPS) is 10.1. The van der Waals surface area contributed by atoms with Crippen molar-refractivity contribution >= 4 is 17.4 Å². The summed E-state index contributed by atoms with van der Waals surface area (Å²) in [7, 11) is 0. The zero-order chi connectivity index (χ0) is 16.1. The van der Waals surface area contributed by atoms with Crippen LogP contribution in [0.4, 0.5) is 15.9 Å². The second-order valence-electron chi connectivity index (χ2n) is 4.19. The molecule has 0 bridgehead atoms. The number of hydrogen-bond donors (Lipinski definition) is 1. The molecule has 0 aliphatic rings. The quantitative estimate of drug-likeness (QED) is 0.677. The van der Waals surface area contributed by atoms with E-state index in [9.17, 15) is 19.3 Å². The fourth-order valence-corrected chi connectivity index (χ4v) is 1.72. The second kappa shape index (κ2) is 6.61. The van der Waals surface area contributed by atoms with Gasteiger partial charge < -0.3 is 10.1 Å². The number of aromatic nitrogens is 1. The zero-order valence-corrected chi connectivity index (χ0v) is 11.6. The molecule has 1 aromatic carbocycles. The summed E-state index contributed by atoms with van der Waals surface area (Å²) in [5.41, 5.74) is -0.233. The molecule has 0 radical (unpaired) electrons. The Bertz CT molecular complexity index is 704. The molecule has 2 aromatic rings. The van der Waals surface area contributed by atoms with Gasteiger partial charge in [-0.05, 0) is 31.2 Å². The van der Waals surface area contributed by atoms with Gasteiger partial charge >= 0.3 is 5.69 Å². The van der Waals surface area contributed by atoms with Gasteiger partial charge in [-0.2, -0.15) is 0 Å². The minimum atomic E-state index is -0.627. The molecule has 0 saturated carbocycles. The number of hydrogen-bond acceptors (Lipinski definition) is 5. The van der Waals surface area contributed by atoms with E-state index in [1.54, 1.807) is 6.92 Å². The predicted octanol–water partition coefficient (Wildman–Crippen LogP) is 2.78. The van der Waals surface area contributed by atoms with E-state index in [1.807, 2.05) is 0 Å². The Labute approximate surface area is 124 Å². The van der Waals surface area contributed by atoms with Gasteiger partial charge in [0, 0.05) is 11.6 Å². The van der Waals surface area contributed by atoms with Crippen LogP contribution in [0.3, 0.4) is 0 Å². The third-order valence-electron chi connectivity index (χ3n) is 2.69. The van der Waals surface area contributed by atoms with Gasteiger partial charge in [0.1, 0.15) is 11.6 Å². The minimum Gasteiger partial charge on any atom is -0.487 e. The van der Waals surface area contributed by atoms with E-state index < -0.39 is 16.6 Å². The Hall–Kier alpha value is -3.03. The minimum absolute atomic E-state index is 0.0706. The third-order valence-corrected chi connectivity index (χ3v) is 2.69. The van der Waals surface area contributed by atoms with Crippen molar-refractivity contribution in [3.8, 4) is 5.75 Å². The van der Waals surface area contributed by atoms with Crippen molar-refractivity contribution in [2.24, 2.45) is 0 Å². The van der Waals surface area contributed by atoms with Crippen LogP contribution in [0.2, 0.25) is 0 Å². The molecule has 114 valence electrons. The van der Waals surface area contributed by atoms with Crippen molar-refractivity contribution in [2.45, 2.75) is 6.92 Å². The molecule has 1 aromatic heterocycles. The molecule has 0 fully saturated rings. The molecular weight excluding hydrogens is 293 g/mol. The number of halogens is 1. The molecule has 0 atom stereocenters. The summed E-state index contributed by atoms with van der Waals surface area (Å²) in [4.78, 5) is 26.1. The van der Waals surface area contributed by atoms with E-state index >= 15 is 0 Å². The number of anilines is 1. The summed E-state index contributed by atoms with van der Waals surface area (Å²) < 4.78 is 17.9. The number of rotatable bonds is 5. The fraction of sp³-hybridized carbons (Fsp3) is 0.143. The van der Waals surface area contributed by atoms with E-state index in [4.69, 9.17) is 4.74 Å². The second-order valence-corrected chi connectivity index (χ2v) is 4.19. The Balaban J connectivity index is 2.24. The predicted molar refractivity (Wildman–Crippen MR) is 76.4 cm³/mol. The summed E-state index contributed by atoms with van der Waals surface area (Å²) in [6.07, 6.45) is 0.955. The van der Waals surface area contributed by atoms with Crippen LogP contribution in [0, 0.1) is 15.9 Å². The van der Waals surface area contributed by atoms with Crippen molar-refractivity contribution in [3.05, 3.63) is 58.0 Å². The largest absolute Gasteiger partial charge is 0.487 e. The van der Waals surface area contributed by atoms with E-state index in [1.165, 1.54) is 18.2 Å². The Morgan fingerprint density at radius 2 is 2.18 bits per heavy atom. The molecule has 0 saturated heterocycles. The van der Waals surface area contributed by atoms with Gasteiger partial charge in [0.15, 0.2) is 5.75 Å². The molecule has 1 amide bonds.